The monoisotopic (exact) mass is 282 g/mol. The molecule has 0 unspecified atom stereocenters. The number of carboxylic acid groups (broad SMARTS) is 1. The summed E-state index contributed by atoms with van der Waals surface area (Å²) in [6.45, 7) is 0.914. The SMILES string of the molecule is O=C(O)/C=C/c1ccc(OCOCC2CC2)c(Cl)c1. The van der Waals surface area contributed by atoms with Gasteiger partial charge in [-0.15, -0.1) is 0 Å². The lowest BCUT2D eigenvalue weighted by molar-refractivity contribution is -0.131. The Bertz CT molecular complexity index is 480. The van der Waals surface area contributed by atoms with E-state index >= 15 is 0 Å². The van der Waals surface area contributed by atoms with Crippen molar-refractivity contribution in [3.8, 4) is 5.75 Å². The van der Waals surface area contributed by atoms with Gasteiger partial charge in [-0.2, -0.15) is 0 Å². The number of carboxylic acids is 1. The number of ether oxygens (including phenoxy) is 2. The second kappa shape index (κ2) is 6.59. The van der Waals surface area contributed by atoms with Gasteiger partial charge in [-0.1, -0.05) is 17.7 Å². The van der Waals surface area contributed by atoms with Gasteiger partial charge in [0.05, 0.1) is 11.6 Å². The molecule has 0 aromatic heterocycles. The van der Waals surface area contributed by atoms with Crippen molar-refractivity contribution < 1.29 is 19.4 Å². The molecule has 0 amide bonds. The molecule has 0 radical (unpaired) electrons. The third-order valence-electron chi connectivity index (χ3n) is 2.72. The smallest absolute Gasteiger partial charge is 0.328 e. The Morgan fingerprint density at radius 1 is 1.47 bits per heavy atom. The number of rotatable bonds is 7. The average molecular weight is 283 g/mol. The van der Waals surface area contributed by atoms with Gasteiger partial charge in [0, 0.05) is 6.08 Å². The number of carbonyl (C=O) groups is 1. The lowest BCUT2D eigenvalue weighted by Gasteiger charge is -2.08. The molecule has 1 aromatic rings. The summed E-state index contributed by atoms with van der Waals surface area (Å²) in [4.78, 5) is 10.4. The van der Waals surface area contributed by atoms with Crippen LogP contribution in [-0.2, 0) is 9.53 Å². The van der Waals surface area contributed by atoms with Gasteiger partial charge in [0.15, 0.2) is 6.79 Å². The van der Waals surface area contributed by atoms with Gasteiger partial charge in [-0.25, -0.2) is 4.79 Å². The van der Waals surface area contributed by atoms with Crippen LogP contribution < -0.4 is 4.74 Å². The van der Waals surface area contributed by atoms with Crippen molar-refractivity contribution >= 4 is 23.6 Å². The summed E-state index contributed by atoms with van der Waals surface area (Å²) in [5.74, 6) is 0.234. The van der Waals surface area contributed by atoms with Crippen molar-refractivity contribution in [2.24, 2.45) is 5.92 Å². The molecular formula is C14H15ClO4. The molecule has 102 valence electrons. The fraction of sp³-hybridized carbons (Fsp3) is 0.357. The molecular weight excluding hydrogens is 268 g/mol. The zero-order valence-electron chi connectivity index (χ0n) is 10.3. The zero-order chi connectivity index (χ0) is 13.7. The van der Waals surface area contributed by atoms with E-state index in [0.717, 1.165) is 12.7 Å². The summed E-state index contributed by atoms with van der Waals surface area (Å²) in [6.07, 6.45) is 5.02. The summed E-state index contributed by atoms with van der Waals surface area (Å²) in [5.41, 5.74) is 0.707. The van der Waals surface area contributed by atoms with Crippen LogP contribution in [0.3, 0.4) is 0 Å². The highest BCUT2D eigenvalue weighted by Crippen LogP contribution is 2.29. The van der Waals surface area contributed by atoms with Crippen LogP contribution in [-0.4, -0.2) is 24.5 Å². The molecule has 1 N–H and O–H groups in total. The number of hydrogen-bond donors (Lipinski definition) is 1. The highest BCUT2D eigenvalue weighted by Gasteiger charge is 2.21. The fourth-order valence-electron chi connectivity index (χ4n) is 1.51. The minimum atomic E-state index is -0.995. The summed E-state index contributed by atoms with van der Waals surface area (Å²) in [6, 6.07) is 5.09. The Labute approximate surface area is 116 Å². The van der Waals surface area contributed by atoms with E-state index in [1.54, 1.807) is 18.2 Å². The van der Waals surface area contributed by atoms with Crippen LogP contribution in [0.2, 0.25) is 5.02 Å². The molecule has 5 heteroatoms. The van der Waals surface area contributed by atoms with E-state index < -0.39 is 5.97 Å². The molecule has 1 aliphatic rings. The fourth-order valence-corrected chi connectivity index (χ4v) is 1.75. The molecule has 1 aliphatic carbocycles. The molecule has 1 saturated carbocycles. The summed E-state index contributed by atoms with van der Waals surface area (Å²) in [5, 5.41) is 8.96. The highest BCUT2D eigenvalue weighted by atomic mass is 35.5. The first kappa shape index (κ1) is 13.9. The largest absolute Gasteiger partial charge is 0.478 e. The first-order valence-electron chi connectivity index (χ1n) is 6.06. The minimum absolute atomic E-state index is 0.181. The van der Waals surface area contributed by atoms with Crippen LogP contribution in [0.4, 0.5) is 0 Å². The number of benzene rings is 1. The highest BCUT2D eigenvalue weighted by molar-refractivity contribution is 6.32. The molecule has 0 atom stereocenters. The number of halogens is 1. The lowest BCUT2D eigenvalue weighted by Crippen LogP contribution is -2.05. The minimum Gasteiger partial charge on any atom is -0.478 e. The van der Waals surface area contributed by atoms with E-state index in [-0.39, 0.29) is 6.79 Å². The molecule has 2 rings (SSSR count). The summed E-state index contributed by atoms with van der Waals surface area (Å²) < 4.78 is 10.8. The van der Waals surface area contributed by atoms with Gasteiger partial charge in [0.2, 0.25) is 0 Å². The van der Waals surface area contributed by atoms with Gasteiger partial charge in [-0.3, -0.25) is 0 Å². The van der Waals surface area contributed by atoms with E-state index in [1.165, 1.54) is 18.9 Å². The average Bonchev–Trinajstić information content (AvgIpc) is 3.18. The van der Waals surface area contributed by atoms with Crippen LogP contribution in [0.5, 0.6) is 5.75 Å². The van der Waals surface area contributed by atoms with Crippen LogP contribution in [0.1, 0.15) is 18.4 Å². The second-order valence-corrected chi connectivity index (χ2v) is 4.84. The topological polar surface area (TPSA) is 55.8 Å². The summed E-state index contributed by atoms with van der Waals surface area (Å²) in [7, 11) is 0. The van der Waals surface area contributed by atoms with Crippen molar-refractivity contribution in [2.45, 2.75) is 12.8 Å². The molecule has 0 saturated heterocycles. The lowest BCUT2D eigenvalue weighted by atomic mass is 10.2. The molecule has 1 fully saturated rings. The van der Waals surface area contributed by atoms with Crippen molar-refractivity contribution in [3.05, 3.63) is 34.9 Å². The Balaban J connectivity index is 1.84. The van der Waals surface area contributed by atoms with Crippen LogP contribution >= 0.6 is 11.6 Å². The van der Waals surface area contributed by atoms with Crippen LogP contribution in [0.25, 0.3) is 6.08 Å². The van der Waals surface area contributed by atoms with Gasteiger partial charge in [0.1, 0.15) is 5.75 Å². The quantitative estimate of drug-likeness (QED) is 0.474. The molecule has 19 heavy (non-hydrogen) atoms. The normalized spacial score (nSPS) is 14.8. The standard InChI is InChI=1S/C14H15ClO4/c15-12-7-10(4-6-14(16)17)3-5-13(12)19-9-18-8-11-1-2-11/h3-7,11H,1-2,8-9H2,(H,16,17)/b6-4+. The van der Waals surface area contributed by atoms with E-state index in [2.05, 4.69) is 0 Å². The molecule has 0 bridgehead atoms. The second-order valence-electron chi connectivity index (χ2n) is 4.44. The first-order valence-corrected chi connectivity index (χ1v) is 6.44. The Morgan fingerprint density at radius 3 is 2.89 bits per heavy atom. The van der Waals surface area contributed by atoms with Gasteiger partial charge >= 0.3 is 5.97 Å². The maximum atomic E-state index is 10.4. The van der Waals surface area contributed by atoms with E-state index in [0.29, 0.717) is 22.3 Å². The van der Waals surface area contributed by atoms with Crippen molar-refractivity contribution in [1.29, 1.82) is 0 Å². The number of aliphatic carboxylic acids is 1. The van der Waals surface area contributed by atoms with E-state index in [4.69, 9.17) is 26.2 Å². The molecule has 1 aromatic carbocycles. The Hall–Kier alpha value is -1.52. The third kappa shape index (κ3) is 4.93. The Morgan fingerprint density at radius 2 is 2.26 bits per heavy atom. The Kier molecular flexibility index (Phi) is 4.82. The predicted molar refractivity (Wildman–Crippen MR) is 72.3 cm³/mol. The number of hydrogen-bond acceptors (Lipinski definition) is 3. The maximum Gasteiger partial charge on any atom is 0.328 e. The van der Waals surface area contributed by atoms with E-state index in [9.17, 15) is 4.79 Å². The van der Waals surface area contributed by atoms with Crippen molar-refractivity contribution in [2.75, 3.05) is 13.4 Å². The van der Waals surface area contributed by atoms with Gasteiger partial charge in [0.25, 0.3) is 0 Å². The summed E-state index contributed by atoms with van der Waals surface area (Å²) >= 11 is 6.04. The van der Waals surface area contributed by atoms with Crippen LogP contribution in [0, 0.1) is 5.92 Å². The van der Waals surface area contributed by atoms with Crippen molar-refractivity contribution in [1.82, 2.24) is 0 Å². The molecule has 4 nitrogen and oxygen atoms in total. The van der Waals surface area contributed by atoms with Crippen molar-refractivity contribution in [3.63, 3.8) is 0 Å². The molecule has 0 heterocycles. The van der Waals surface area contributed by atoms with E-state index in [1.807, 2.05) is 0 Å². The third-order valence-corrected chi connectivity index (χ3v) is 3.02. The molecule has 0 aliphatic heterocycles. The molecule has 0 spiro atoms. The maximum absolute atomic E-state index is 10.4. The predicted octanol–water partition coefficient (Wildman–Crippen LogP) is 3.20. The van der Waals surface area contributed by atoms with Crippen LogP contribution in [0.15, 0.2) is 24.3 Å². The van der Waals surface area contributed by atoms with Gasteiger partial charge in [-0.05, 0) is 42.5 Å². The first-order chi connectivity index (χ1) is 9.15. The zero-order valence-corrected chi connectivity index (χ0v) is 11.1. The van der Waals surface area contributed by atoms with Gasteiger partial charge < -0.3 is 14.6 Å².